The zero-order valence-electron chi connectivity index (χ0n) is 25.4. The van der Waals surface area contributed by atoms with Crippen molar-refractivity contribution in [3.05, 3.63) is 175 Å². The van der Waals surface area contributed by atoms with Gasteiger partial charge in [0.1, 0.15) is 0 Å². The van der Waals surface area contributed by atoms with Crippen LogP contribution < -0.4 is 5.43 Å². The Kier molecular flexibility index (Phi) is 6.22. The molecule has 0 atom stereocenters. The molecule has 0 spiro atoms. The number of amidine groups is 2. The SMILES string of the molecule is N=C(N=C(Nn1c2ccccc2c2ccc3c(c4ccc5ccccc5c4n3-c3ccccc3)c21)c1ccccc1)c1ccccc1. The minimum atomic E-state index is 0.190. The van der Waals surface area contributed by atoms with Gasteiger partial charge in [-0.25, -0.2) is 4.99 Å². The van der Waals surface area contributed by atoms with Crippen LogP contribution in [0.3, 0.4) is 0 Å². The highest BCUT2D eigenvalue weighted by atomic mass is 15.4. The first-order valence-corrected chi connectivity index (χ1v) is 15.7. The monoisotopic (exact) mass is 603 g/mol. The van der Waals surface area contributed by atoms with E-state index in [9.17, 15) is 0 Å². The first-order chi connectivity index (χ1) is 23.3. The zero-order valence-corrected chi connectivity index (χ0v) is 25.4. The lowest BCUT2D eigenvalue weighted by Crippen LogP contribution is -2.25. The summed E-state index contributed by atoms with van der Waals surface area (Å²) in [5.74, 6) is 0.784. The van der Waals surface area contributed by atoms with Crippen molar-refractivity contribution >= 4 is 66.1 Å². The van der Waals surface area contributed by atoms with Crippen molar-refractivity contribution < 1.29 is 0 Å². The Morgan fingerprint density at radius 3 is 1.87 bits per heavy atom. The van der Waals surface area contributed by atoms with Gasteiger partial charge in [-0.1, -0.05) is 133 Å². The van der Waals surface area contributed by atoms with Crippen LogP contribution in [-0.4, -0.2) is 20.9 Å². The van der Waals surface area contributed by atoms with Gasteiger partial charge in [-0.2, -0.15) is 0 Å². The third-order valence-electron chi connectivity index (χ3n) is 9.00. The fourth-order valence-corrected chi connectivity index (χ4v) is 6.91. The highest BCUT2D eigenvalue weighted by Gasteiger charge is 2.22. The van der Waals surface area contributed by atoms with Crippen LogP contribution in [0.2, 0.25) is 0 Å². The lowest BCUT2D eigenvalue weighted by atomic mass is 10.0. The Morgan fingerprint density at radius 1 is 0.489 bits per heavy atom. The van der Waals surface area contributed by atoms with Crippen molar-refractivity contribution in [2.24, 2.45) is 4.99 Å². The topological polar surface area (TPSA) is 58.1 Å². The van der Waals surface area contributed by atoms with Crippen LogP contribution in [0, 0.1) is 5.41 Å². The van der Waals surface area contributed by atoms with Crippen molar-refractivity contribution in [2.75, 3.05) is 5.43 Å². The molecule has 2 heterocycles. The number of hydrogen-bond donors (Lipinski definition) is 2. The van der Waals surface area contributed by atoms with Gasteiger partial charge in [-0.15, -0.1) is 0 Å². The quantitative estimate of drug-likeness (QED) is 0.153. The molecule has 0 aliphatic carbocycles. The molecule has 0 saturated heterocycles. The fraction of sp³-hybridized carbons (Fsp3) is 0. The van der Waals surface area contributed by atoms with Gasteiger partial charge >= 0.3 is 0 Å². The number of fused-ring (bicyclic) bond motifs is 9. The molecule has 0 aliphatic rings. The number of nitrogens with zero attached hydrogens (tertiary/aromatic N) is 3. The highest BCUT2D eigenvalue weighted by Crippen LogP contribution is 2.42. The van der Waals surface area contributed by atoms with Gasteiger partial charge in [-0.05, 0) is 35.7 Å². The molecule has 47 heavy (non-hydrogen) atoms. The maximum atomic E-state index is 8.94. The van der Waals surface area contributed by atoms with Crippen LogP contribution in [0.1, 0.15) is 11.1 Å². The van der Waals surface area contributed by atoms with E-state index in [1.54, 1.807) is 0 Å². The van der Waals surface area contributed by atoms with E-state index < -0.39 is 0 Å². The molecule has 9 aromatic rings. The molecule has 0 bridgehead atoms. The molecular formula is C42H29N5. The lowest BCUT2D eigenvalue weighted by molar-refractivity contribution is 1.08. The Bertz CT molecular complexity index is 2650. The van der Waals surface area contributed by atoms with E-state index in [-0.39, 0.29) is 5.84 Å². The van der Waals surface area contributed by atoms with Gasteiger partial charge < -0.3 is 4.57 Å². The van der Waals surface area contributed by atoms with E-state index in [1.807, 2.05) is 60.7 Å². The molecule has 0 aliphatic heterocycles. The number of hydrogen-bond acceptors (Lipinski definition) is 1. The van der Waals surface area contributed by atoms with Gasteiger partial charge in [0.25, 0.3) is 0 Å². The molecular weight excluding hydrogens is 574 g/mol. The van der Waals surface area contributed by atoms with Crippen LogP contribution in [0.5, 0.6) is 0 Å². The molecule has 5 heteroatoms. The van der Waals surface area contributed by atoms with Crippen molar-refractivity contribution in [3.63, 3.8) is 0 Å². The lowest BCUT2D eigenvalue weighted by Gasteiger charge is -2.15. The summed E-state index contributed by atoms with van der Waals surface area (Å²) in [6, 6.07) is 56.4. The number of aliphatic imine (C=N–C) groups is 1. The van der Waals surface area contributed by atoms with Crippen LogP contribution in [0.15, 0.2) is 169 Å². The van der Waals surface area contributed by atoms with Crippen molar-refractivity contribution in [1.82, 2.24) is 9.24 Å². The summed E-state index contributed by atoms with van der Waals surface area (Å²) in [5.41, 5.74) is 10.9. The Labute approximate surface area is 271 Å². The summed E-state index contributed by atoms with van der Waals surface area (Å²) in [6.45, 7) is 0. The third-order valence-corrected chi connectivity index (χ3v) is 9.00. The maximum Gasteiger partial charge on any atom is 0.154 e. The Balaban J connectivity index is 1.39. The average molecular weight is 604 g/mol. The van der Waals surface area contributed by atoms with Crippen LogP contribution >= 0.6 is 0 Å². The molecule has 9 rings (SSSR count). The molecule has 7 aromatic carbocycles. The first kappa shape index (κ1) is 26.9. The second kappa shape index (κ2) is 10.9. The summed E-state index contributed by atoms with van der Waals surface area (Å²) < 4.78 is 4.56. The summed E-state index contributed by atoms with van der Waals surface area (Å²) in [4.78, 5) is 4.90. The van der Waals surface area contributed by atoms with Crippen molar-refractivity contribution in [2.45, 2.75) is 0 Å². The van der Waals surface area contributed by atoms with Gasteiger partial charge in [0.2, 0.25) is 0 Å². The normalized spacial score (nSPS) is 12.0. The van der Waals surface area contributed by atoms with Crippen LogP contribution in [0.25, 0.3) is 60.1 Å². The number of para-hydroxylation sites is 2. The fourth-order valence-electron chi connectivity index (χ4n) is 6.91. The Morgan fingerprint density at radius 2 is 1.11 bits per heavy atom. The maximum absolute atomic E-state index is 8.94. The molecule has 2 N–H and O–H groups in total. The summed E-state index contributed by atoms with van der Waals surface area (Å²) in [5, 5.41) is 16.0. The van der Waals surface area contributed by atoms with E-state index in [4.69, 9.17) is 10.4 Å². The first-order valence-electron chi connectivity index (χ1n) is 15.7. The minimum Gasteiger partial charge on any atom is -0.309 e. The predicted molar refractivity (Wildman–Crippen MR) is 197 cm³/mol. The largest absolute Gasteiger partial charge is 0.309 e. The van der Waals surface area contributed by atoms with Gasteiger partial charge in [0.05, 0.1) is 22.1 Å². The van der Waals surface area contributed by atoms with Crippen LogP contribution in [-0.2, 0) is 0 Å². The number of benzene rings is 7. The van der Waals surface area contributed by atoms with Crippen LogP contribution in [0.4, 0.5) is 0 Å². The number of nitrogens with one attached hydrogen (secondary N) is 2. The molecule has 0 amide bonds. The molecule has 222 valence electrons. The Hall–Kier alpha value is -6.46. The number of rotatable bonds is 4. The van der Waals surface area contributed by atoms with E-state index in [0.29, 0.717) is 5.84 Å². The van der Waals surface area contributed by atoms with E-state index in [2.05, 4.69) is 118 Å². The summed E-state index contributed by atoms with van der Waals surface area (Å²) in [7, 11) is 0. The third kappa shape index (κ3) is 4.32. The van der Waals surface area contributed by atoms with Gasteiger partial charge in [-0.3, -0.25) is 15.5 Å². The number of aromatic nitrogens is 2. The van der Waals surface area contributed by atoms with Crippen molar-refractivity contribution in [1.29, 1.82) is 5.41 Å². The predicted octanol–water partition coefficient (Wildman–Crippen LogP) is 10.1. The molecule has 2 aromatic heterocycles. The molecule has 0 saturated carbocycles. The minimum absolute atomic E-state index is 0.190. The van der Waals surface area contributed by atoms with E-state index in [1.165, 1.54) is 21.7 Å². The smallest absolute Gasteiger partial charge is 0.154 e. The standard InChI is InChI=1S/C42H29N5/c43-41(29-15-4-1-5-16-29)44-42(30-17-6-2-7-18-30)45-47-36-23-13-12-22-33(36)34-26-27-37-38(40(34)47)35-25-24-28-14-10-11-21-32(28)39(35)46(37)31-19-8-3-9-20-31/h1-27H,(H2,43,44,45). The van der Waals surface area contributed by atoms with Gasteiger partial charge in [0, 0.05) is 43.7 Å². The molecule has 0 radical (unpaired) electrons. The summed E-state index contributed by atoms with van der Waals surface area (Å²) in [6.07, 6.45) is 0. The molecule has 0 fully saturated rings. The second-order valence-corrected chi connectivity index (χ2v) is 11.7. The average Bonchev–Trinajstić information content (AvgIpc) is 3.65. The molecule has 5 nitrogen and oxygen atoms in total. The summed E-state index contributed by atoms with van der Waals surface area (Å²) >= 11 is 0. The van der Waals surface area contributed by atoms with Gasteiger partial charge in [0.15, 0.2) is 11.7 Å². The zero-order chi connectivity index (χ0) is 31.3. The second-order valence-electron chi connectivity index (χ2n) is 11.7. The highest BCUT2D eigenvalue weighted by molar-refractivity contribution is 6.29. The van der Waals surface area contributed by atoms with Crippen molar-refractivity contribution in [3.8, 4) is 5.69 Å². The van der Waals surface area contributed by atoms with E-state index >= 15 is 0 Å². The molecule has 0 unspecified atom stereocenters. The van der Waals surface area contributed by atoms with E-state index in [0.717, 1.165) is 49.5 Å².